The number of anilines is 6. The molecule has 18 nitrogen and oxygen atoms in total. The Morgan fingerprint density at radius 1 is 0.618 bits per heavy atom. The van der Waals surface area contributed by atoms with Gasteiger partial charge >= 0.3 is 7.12 Å². The van der Waals surface area contributed by atoms with Crippen molar-refractivity contribution in [2.45, 2.75) is 37.8 Å². The van der Waals surface area contributed by atoms with Crippen molar-refractivity contribution in [3.63, 3.8) is 0 Å². The van der Waals surface area contributed by atoms with Crippen molar-refractivity contribution in [2.75, 3.05) is 61.0 Å². The maximum absolute atomic E-state index is 9.93. The number of aromatic nitrogens is 8. The van der Waals surface area contributed by atoms with Crippen molar-refractivity contribution < 1.29 is 29.7 Å². The van der Waals surface area contributed by atoms with E-state index in [1.165, 1.54) is 0 Å². The molecular formula is C54H54BBrN12O6S2. The molecule has 76 heavy (non-hydrogen) atoms. The zero-order chi connectivity index (χ0) is 52.5. The number of ether oxygens (including phenoxy) is 2. The lowest BCUT2D eigenvalue weighted by atomic mass is 9.80. The van der Waals surface area contributed by atoms with Gasteiger partial charge in [-0.05, 0) is 101 Å². The van der Waals surface area contributed by atoms with Crippen LogP contribution in [0.2, 0.25) is 0 Å². The van der Waals surface area contributed by atoms with Crippen LogP contribution in [0.15, 0.2) is 149 Å². The number of hydrogen-bond donors (Lipinski definition) is 6. The van der Waals surface area contributed by atoms with Gasteiger partial charge in [-0.2, -0.15) is 9.97 Å². The molecule has 0 radical (unpaired) electrons. The van der Waals surface area contributed by atoms with Crippen LogP contribution in [0, 0.1) is 0 Å². The molecule has 22 heteroatoms. The van der Waals surface area contributed by atoms with Crippen molar-refractivity contribution in [1.82, 2.24) is 39.0 Å². The second kappa shape index (κ2) is 24.1. The lowest BCUT2D eigenvalue weighted by Gasteiger charge is -2.23. The van der Waals surface area contributed by atoms with Crippen LogP contribution in [-0.2, 0) is 0 Å². The number of hydrogen-bond acceptors (Lipinski definition) is 18. The van der Waals surface area contributed by atoms with Crippen molar-refractivity contribution in [2.24, 2.45) is 0 Å². The van der Waals surface area contributed by atoms with E-state index in [0.717, 1.165) is 97.7 Å². The number of benzene rings is 4. The molecule has 0 amide bonds. The predicted molar refractivity (Wildman–Crippen MR) is 306 cm³/mol. The quantitative estimate of drug-likeness (QED) is 0.0560. The second-order valence-corrected chi connectivity index (χ2v) is 20.4. The van der Waals surface area contributed by atoms with E-state index in [0.29, 0.717) is 40.6 Å². The van der Waals surface area contributed by atoms with Crippen LogP contribution in [0.3, 0.4) is 0 Å². The van der Waals surface area contributed by atoms with Gasteiger partial charge in [0.15, 0.2) is 11.6 Å². The van der Waals surface area contributed by atoms with E-state index in [4.69, 9.17) is 39.5 Å². The monoisotopic (exact) mass is 1120 g/mol. The number of halogens is 1. The first kappa shape index (κ1) is 52.0. The molecule has 0 bridgehead atoms. The first-order valence-electron chi connectivity index (χ1n) is 24.6. The van der Waals surface area contributed by atoms with E-state index in [9.17, 15) is 10.2 Å². The number of methoxy groups -OCH3 is 2. The molecule has 0 unspecified atom stereocenters. The van der Waals surface area contributed by atoms with Gasteiger partial charge < -0.3 is 59.3 Å². The molecule has 2 fully saturated rings. The van der Waals surface area contributed by atoms with E-state index in [-0.39, 0.29) is 25.3 Å². The molecule has 6 aromatic heterocycles. The van der Waals surface area contributed by atoms with Gasteiger partial charge in [0.05, 0.1) is 71.3 Å². The third-order valence-corrected chi connectivity index (χ3v) is 15.9. The zero-order valence-electron chi connectivity index (χ0n) is 41.5. The molecule has 0 spiro atoms. The Morgan fingerprint density at radius 2 is 1.09 bits per heavy atom. The van der Waals surface area contributed by atoms with Gasteiger partial charge in [0.25, 0.3) is 0 Å². The van der Waals surface area contributed by atoms with Crippen LogP contribution in [0.1, 0.15) is 25.7 Å². The highest BCUT2D eigenvalue weighted by Crippen LogP contribution is 2.40. The highest BCUT2D eigenvalue weighted by Gasteiger charge is 2.29. The molecule has 0 aliphatic carbocycles. The van der Waals surface area contributed by atoms with Crippen molar-refractivity contribution in [3.8, 4) is 34.0 Å². The standard InChI is InChI=1S/C27H26N6O2S.C20H19BrN6OS.C7H9BO3/c1-35-21-11-9-18(10-12-21)22-16-36-25-24(22)30-27(33-13-5-8-20(33)15-34)31-26(25)29-23-14-32(17-28-23)19-6-3-2-4-7-19;21-15-11-29-18-17(15)24-20(27-8-4-7-14(27)10-28)25-19(18)23-16-9-26(12-22-16)13-5-2-1-3-6-13;1-11-7-4-2-6(3-5-7)8(9)10/h2-4,6-7,9-12,14,16-17,20,34H,5,8,13,15H2,1H3,(H,29,30,31);1-3,5-6,9,11-12,14,28H,4,7-8,10H2,(H,23,24,25);2-5,9-10H,1H3/t20-;14-;/m00./s1. The Bertz CT molecular complexity index is 3490. The average molecular weight is 1120 g/mol. The molecule has 2 saturated heterocycles. The van der Waals surface area contributed by atoms with Crippen LogP contribution in [0.5, 0.6) is 11.5 Å². The normalized spacial score (nSPS) is 15.0. The first-order chi connectivity index (χ1) is 37.2. The molecule has 388 valence electrons. The number of para-hydroxylation sites is 2. The summed E-state index contributed by atoms with van der Waals surface area (Å²) < 4.78 is 17.0. The zero-order valence-corrected chi connectivity index (χ0v) is 44.7. The van der Waals surface area contributed by atoms with Gasteiger partial charge in [-0.1, -0.05) is 60.7 Å². The molecule has 2 atom stereocenters. The fourth-order valence-corrected chi connectivity index (χ4v) is 11.5. The molecule has 0 saturated carbocycles. The number of aliphatic hydroxyl groups is 2. The lowest BCUT2D eigenvalue weighted by molar-refractivity contribution is 0.265. The third-order valence-electron chi connectivity index (χ3n) is 13.0. The molecule has 6 N–H and O–H groups in total. The summed E-state index contributed by atoms with van der Waals surface area (Å²) in [5.41, 5.74) is 6.39. The average Bonchev–Trinajstić information content (AvgIpc) is 4.36. The summed E-state index contributed by atoms with van der Waals surface area (Å²) >= 11 is 6.79. The first-order valence-corrected chi connectivity index (χ1v) is 27.1. The van der Waals surface area contributed by atoms with E-state index < -0.39 is 7.12 Å². The summed E-state index contributed by atoms with van der Waals surface area (Å²) in [6.45, 7) is 1.86. The highest BCUT2D eigenvalue weighted by molar-refractivity contribution is 9.10. The summed E-state index contributed by atoms with van der Waals surface area (Å²) in [5.74, 6) is 5.62. The van der Waals surface area contributed by atoms with Gasteiger partial charge in [0.2, 0.25) is 11.9 Å². The van der Waals surface area contributed by atoms with Gasteiger partial charge in [0.1, 0.15) is 41.3 Å². The predicted octanol–water partition coefficient (Wildman–Crippen LogP) is 8.98. The number of fused-ring (bicyclic) bond motifs is 2. The van der Waals surface area contributed by atoms with Crippen LogP contribution >= 0.6 is 38.6 Å². The number of imidazole rings is 2. The van der Waals surface area contributed by atoms with Crippen molar-refractivity contribution in [1.29, 1.82) is 0 Å². The largest absolute Gasteiger partial charge is 0.497 e. The Morgan fingerprint density at radius 3 is 1.58 bits per heavy atom. The van der Waals surface area contributed by atoms with Gasteiger partial charge in [-0.15, -0.1) is 22.7 Å². The Balaban J connectivity index is 0.000000147. The van der Waals surface area contributed by atoms with E-state index >= 15 is 0 Å². The van der Waals surface area contributed by atoms with E-state index in [1.807, 2.05) is 112 Å². The number of rotatable bonds is 14. The highest BCUT2D eigenvalue weighted by atomic mass is 79.9. The smallest absolute Gasteiger partial charge is 0.488 e. The topological polar surface area (TPSA) is 217 Å². The number of thiophene rings is 2. The SMILES string of the molecule is COc1ccc(-c2csc3c(Nc4cn(-c5ccccc5)cn4)nc(N4CCC[C@H]4CO)nc23)cc1.COc1ccc(B(O)O)cc1.OC[C@@H]1CCCN1c1nc(Nc2cn(-c3ccccc3)cn2)c2scc(Br)c2n1. The Kier molecular flexibility index (Phi) is 16.5. The summed E-state index contributed by atoms with van der Waals surface area (Å²) in [4.78, 5) is 32.8. The maximum atomic E-state index is 9.93. The molecule has 4 aromatic carbocycles. The Labute approximate surface area is 455 Å². The molecule has 10 aromatic rings. The van der Waals surface area contributed by atoms with E-state index in [1.54, 1.807) is 73.8 Å². The minimum absolute atomic E-state index is 0.0238. The number of nitrogens with zero attached hydrogens (tertiary/aromatic N) is 10. The van der Waals surface area contributed by atoms with Crippen LogP contribution < -0.4 is 35.4 Å². The molecule has 12 rings (SSSR count). The fourth-order valence-electron chi connectivity index (χ4n) is 9.04. The minimum atomic E-state index is -1.40. The molecule has 8 heterocycles. The molecule has 2 aliphatic heterocycles. The summed E-state index contributed by atoms with van der Waals surface area (Å²) in [6.07, 6.45) is 11.4. The van der Waals surface area contributed by atoms with Gasteiger partial charge in [-0.3, -0.25) is 0 Å². The minimum Gasteiger partial charge on any atom is -0.497 e. The summed E-state index contributed by atoms with van der Waals surface area (Å²) in [7, 11) is 1.82. The molecule has 2 aliphatic rings. The second-order valence-electron chi connectivity index (χ2n) is 17.8. The van der Waals surface area contributed by atoms with Crippen LogP contribution in [0.4, 0.5) is 35.2 Å². The summed E-state index contributed by atoms with van der Waals surface area (Å²) in [6, 6.07) is 34.8. The fraction of sp³-hybridized carbons (Fsp3) is 0.222. The van der Waals surface area contributed by atoms with Crippen LogP contribution in [0.25, 0.3) is 42.9 Å². The summed E-state index contributed by atoms with van der Waals surface area (Å²) in [5, 5.41) is 48.0. The van der Waals surface area contributed by atoms with Crippen molar-refractivity contribution in [3.05, 3.63) is 149 Å². The van der Waals surface area contributed by atoms with E-state index in [2.05, 4.69) is 51.7 Å². The van der Waals surface area contributed by atoms with Crippen molar-refractivity contribution >= 4 is 107 Å². The van der Waals surface area contributed by atoms with Gasteiger partial charge in [-0.25, -0.2) is 19.9 Å². The Hall–Kier alpha value is -7.44. The number of nitrogens with one attached hydrogen (secondary N) is 2. The maximum Gasteiger partial charge on any atom is 0.488 e. The third kappa shape index (κ3) is 11.7. The van der Waals surface area contributed by atoms with Gasteiger partial charge in [0, 0.05) is 40.8 Å². The van der Waals surface area contributed by atoms with Crippen LogP contribution in [-0.4, -0.2) is 119 Å². The molecular weight excluding hydrogens is 1070 g/mol. The lowest BCUT2D eigenvalue weighted by Crippen LogP contribution is -2.33. The number of aliphatic hydroxyl groups excluding tert-OH is 2.